The van der Waals surface area contributed by atoms with E-state index in [1.807, 2.05) is 18.6 Å². The highest BCUT2D eigenvalue weighted by Gasteiger charge is 2.09. The van der Waals surface area contributed by atoms with Crippen LogP contribution in [0.15, 0.2) is 79.3 Å². The summed E-state index contributed by atoms with van der Waals surface area (Å²) in [6.45, 7) is 4.04. The first-order valence-electron chi connectivity index (χ1n) is 12.3. The highest BCUT2D eigenvalue weighted by molar-refractivity contribution is 6.08. The van der Waals surface area contributed by atoms with Crippen LogP contribution < -0.4 is 11.1 Å². The number of pyridine rings is 3. The smallest absolute Gasteiger partial charge is 0.150 e. The average Bonchev–Trinajstić information content (AvgIpc) is 2.88. The Hall–Kier alpha value is -3.83. The van der Waals surface area contributed by atoms with Crippen LogP contribution in [0.25, 0.3) is 21.8 Å². The lowest BCUT2D eigenvalue weighted by molar-refractivity contribution is 0.681. The van der Waals surface area contributed by atoms with Crippen molar-refractivity contribution in [3.8, 4) is 0 Å². The van der Waals surface area contributed by atoms with Crippen LogP contribution in [-0.2, 0) is 25.7 Å². The fourth-order valence-corrected chi connectivity index (χ4v) is 4.50. The van der Waals surface area contributed by atoms with Gasteiger partial charge in [0, 0.05) is 29.4 Å². The lowest BCUT2D eigenvalue weighted by Gasteiger charge is -2.09. The number of nitrogens with one attached hydrogen (secondary N) is 1. The number of rotatable bonds is 9. The maximum Gasteiger partial charge on any atom is 0.150 e. The summed E-state index contributed by atoms with van der Waals surface area (Å²) >= 11 is 0. The first kappa shape index (κ1) is 22.9. The van der Waals surface area contributed by atoms with Gasteiger partial charge in [-0.05, 0) is 97.8 Å². The van der Waals surface area contributed by atoms with Crippen LogP contribution in [0.5, 0.6) is 0 Å². The van der Waals surface area contributed by atoms with E-state index < -0.39 is 0 Å². The zero-order valence-corrected chi connectivity index (χ0v) is 20.2. The number of hydrogen-bond donors (Lipinski definition) is 2. The largest absolute Gasteiger partial charge is 0.382 e. The molecule has 3 aromatic heterocycles. The van der Waals surface area contributed by atoms with Crippen molar-refractivity contribution < 1.29 is 0 Å². The van der Waals surface area contributed by atoms with E-state index in [2.05, 4.69) is 87.9 Å². The number of aromatic nitrogens is 3. The summed E-state index contributed by atoms with van der Waals surface area (Å²) in [6.07, 6.45) is 9.62. The number of nitrogen functional groups attached to an aromatic ring is 1. The zero-order chi connectivity index (χ0) is 24.0. The summed E-state index contributed by atoms with van der Waals surface area (Å²) in [5.41, 5.74) is 14.3. The van der Waals surface area contributed by atoms with Crippen molar-refractivity contribution in [3.05, 3.63) is 107 Å². The van der Waals surface area contributed by atoms with Gasteiger partial charge in [-0.1, -0.05) is 36.4 Å². The quantitative estimate of drug-likeness (QED) is 0.232. The zero-order valence-electron chi connectivity index (χ0n) is 20.2. The molecule has 5 rings (SSSR count). The third-order valence-corrected chi connectivity index (χ3v) is 6.53. The molecule has 0 saturated heterocycles. The Morgan fingerprint density at radius 2 is 1.37 bits per heavy atom. The Bertz CT molecular complexity index is 1430. The Morgan fingerprint density at radius 1 is 0.714 bits per heavy atom. The minimum Gasteiger partial charge on any atom is -0.382 e. The summed E-state index contributed by atoms with van der Waals surface area (Å²) < 4.78 is 0. The molecule has 0 amide bonds. The molecule has 5 heteroatoms. The Balaban J connectivity index is 1.16. The standard InChI is InChI=1S/C30H31N5/c1-21-2-9-26-27-19-25(20-34-29(27)30(31)35-28(26)18-21)8-7-22-3-5-23(6-4-22)10-14-32-15-11-24-12-16-33-17-13-24/h2-6,9,12-13,16-20,32H,7-8,10-11,14-15H2,1H3,(H2,31,35). The van der Waals surface area contributed by atoms with Crippen molar-refractivity contribution in [1.82, 2.24) is 20.3 Å². The molecule has 0 aliphatic heterocycles. The SMILES string of the molecule is Cc1ccc2c(c1)nc(N)c1ncc(CCc3ccc(CCNCCc4ccncc4)cc3)cc12. The minimum absolute atomic E-state index is 0.493. The Morgan fingerprint density at radius 3 is 2.11 bits per heavy atom. The van der Waals surface area contributed by atoms with Crippen molar-refractivity contribution in [3.63, 3.8) is 0 Å². The summed E-state index contributed by atoms with van der Waals surface area (Å²) in [5.74, 6) is 0.493. The van der Waals surface area contributed by atoms with E-state index in [0.717, 1.165) is 60.6 Å². The molecule has 2 aromatic carbocycles. The highest BCUT2D eigenvalue weighted by Crippen LogP contribution is 2.28. The van der Waals surface area contributed by atoms with E-state index in [4.69, 9.17) is 5.73 Å². The van der Waals surface area contributed by atoms with Crippen molar-refractivity contribution in [2.75, 3.05) is 18.8 Å². The van der Waals surface area contributed by atoms with E-state index in [1.54, 1.807) is 0 Å². The summed E-state index contributed by atoms with van der Waals surface area (Å²) in [5, 5.41) is 5.72. The molecule has 176 valence electrons. The molecule has 0 unspecified atom stereocenters. The number of nitrogens with two attached hydrogens (primary N) is 1. The van der Waals surface area contributed by atoms with Gasteiger partial charge in [0.1, 0.15) is 5.52 Å². The van der Waals surface area contributed by atoms with Gasteiger partial charge in [0.2, 0.25) is 0 Å². The number of anilines is 1. The number of fused-ring (bicyclic) bond motifs is 3. The predicted octanol–water partition coefficient (Wildman–Crippen LogP) is 5.23. The second kappa shape index (κ2) is 10.6. The van der Waals surface area contributed by atoms with E-state index >= 15 is 0 Å². The second-order valence-electron chi connectivity index (χ2n) is 9.18. The van der Waals surface area contributed by atoms with Gasteiger partial charge < -0.3 is 11.1 Å². The topological polar surface area (TPSA) is 76.7 Å². The third-order valence-electron chi connectivity index (χ3n) is 6.53. The van der Waals surface area contributed by atoms with Gasteiger partial charge in [0.25, 0.3) is 0 Å². The van der Waals surface area contributed by atoms with E-state index in [1.165, 1.54) is 27.8 Å². The normalized spacial score (nSPS) is 11.3. The second-order valence-corrected chi connectivity index (χ2v) is 9.18. The van der Waals surface area contributed by atoms with Crippen LogP contribution in [0.2, 0.25) is 0 Å². The molecule has 5 aromatic rings. The Labute approximate surface area is 206 Å². The molecular weight excluding hydrogens is 430 g/mol. The van der Waals surface area contributed by atoms with Gasteiger partial charge in [0.15, 0.2) is 5.82 Å². The summed E-state index contributed by atoms with van der Waals surface area (Å²) in [7, 11) is 0. The van der Waals surface area contributed by atoms with Crippen LogP contribution in [0, 0.1) is 6.92 Å². The lowest BCUT2D eigenvalue weighted by atomic mass is 10.0. The summed E-state index contributed by atoms with van der Waals surface area (Å²) in [6, 6.07) is 21.7. The Kier molecular flexibility index (Phi) is 6.96. The molecule has 0 spiro atoms. The minimum atomic E-state index is 0.493. The highest BCUT2D eigenvalue weighted by atomic mass is 14.9. The first-order valence-corrected chi connectivity index (χ1v) is 12.3. The molecule has 3 heterocycles. The number of nitrogens with zero attached hydrogens (tertiary/aromatic N) is 3. The average molecular weight is 462 g/mol. The van der Waals surface area contributed by atoms with Gasteiger partial charge in [-0.3, -0.25) is 9.97 Å². The number of hydrogen-bond acceptors (Lipinski definition) is 5. The van der Waals surface area contributed by atoms with E-state index in [0.29, 0.717) is 5.82 Å². The number of aryl methyl sites for hydroxylation is 3. The number of benzene rings is 2. The van der Waals surface area contributed by atoms with E-state index in [-0.39, 0.29) is 0 Å². The third kappa shape index (κ3) is 5.64. The van der Waals surface area contributed by atoms with Gasteiger partial charge in [-0.25, -0.2) is 4.98 Å². The van der Waals surface area contributed by atoms with Crippen LogP contribution in [0.1, 0.15) is 27.8 Å². The van der Waals surface area contributed by atoms with Crippen molar-refractivity contribution in [2.24, 2.45) is 0 Å². The molecule has 35 heavy (non-hydrogen) atoms. The molecule has 0 aliphatic rings. The monoisotopic (exact) mass is 461 g/mol. The molecule has 0 aliphatic carbocycles. The van der Waals surface area contributed by atoms with Crippen molar-refractivity contribution in [2.45, 2.75) is 32.6 Å². The molecule has 0 bridgehead atoms. The lowest BCUT2D eigenvalue weighted by Crippen LogP contribution is -2.20. The molecule has 0 atom stereocenters. The molecule has 0 radical (unpaired) electrons. The molecule has 0 fully saturated rings. The van der Waals surface area contributed by atoms with Crippen LogP contribution in [0.4, 0.5) is 5.82 Å². The fraction of sp³-hybridized carbons (Fsp3) is 0.233. The van der Waals surface area contributed by atoms with Crippen LogP contribution in [-0.4, -0.2) is 28.0 Å². The maximum atomic E-state index is 6.20. The molecule has 5 nitrogen and oxygen atoms in total. The van der Waals surface area contributed by atoms with Gasteiger partial charge in [-0.15, -0.1) is 0 Å². The van der Waals surface area contributed by atoms with Gasteiger partial charge in [0.05, 0.1) is 5.52 Å². The van der Waals surface area contributed by atoms with Gasteiger partial charge in [-0.2, -0.15) is 0 Å². The van der Waals surface area contributed by atoms with Crippen LogP contribution in [0.3, 0.4) is 0 Å². The van der Waals surface area contributed by atoms with Crippen molar-refractivity contribution in [1.29, 1.82) is 0 Å². The van der Waals surface area contributed by atoms with Gasteiger partial charge >= 0.3 is 0 Å². The maximum absolute atomic E-state index is 6.20. The van der Waals surface area contributed by atoms with Crippen molar-refractivity contribution >= 4 is 27.6 Å². The van der Waals surface area contributed by atoms with Crippen LogP contribution >= 0.6 is 0 Å². The molecule has 0 saturated carbocycles. The molecule has 3 N–H and O–H groups in total. The van der Waals surface area contributed by atoms with E-state index in [9.17, 15) is 0 Å². The summed E-state index contributed by atoms with van der Waals surface area (Å²) in [4.78, 5) is 13.3. The molecular formula is C30H31N5. The first-order chi connectivity index (χ1) is 17.2. The predicted molar refractivity (Wildman–Crippen MR) is 145 cm³/mol. The fourth-order valence-electron chi connectivity index (χ4n) is 4.50.